The fourth-order valence-corrected chi connectivity index (χ4v) is 4.13. The molecule has 0 spiro atoms. The molecular formula is C15H17ClN4O4S. The van der Waals surface area contributed by atoms with E-state index in [4.69, 9.17) is 11.6 Å². The molecule has 8 nitrogen and oxygen atoms in total. The molecule has 0 radical (unpaired) electrons. The summed E-state index contributed by atoms with van der Waals surface area (Å²) in [5, 5.41) is 13.5. The second-order valence-corrected chi connectivity index (χ2v) is 8.80. The molecule has 1 aliphatic heterocycles. The predicted octanol–water partition coefficient (Wildman–Crippen LogP) is 1.31. The van der Waals surface area contributed by atoms with Gasteiger partial charge < -0.3 is 10.0 Å². The van der Waals surface area contributed by atoms with Gasteiger partial charge in [0.05, 0.1) is 16.6 Å². The highest BCUT2D eigenvalue weighted by Crippen LogP contribution is 2.31. The molecule has 3 heterocycles. The van der Waals surface area contributed by atoms with Crippen LogP contribution in [0.2, 0.25) is 5.15 Å². The summed E-state index contributed by atoms with van der Waals surface area (Å²) in [6.07, 6.45) is 2.69. The van der Waals surface area contributed by atoms with Gasteiger partial charge in [0.1, 0.15) is 17.0 Å². The minimum atomic E-state index is -3.35. The topological polar surface area (TPSA) is 105 Å². The number of halogens is 1. The molecule has 25 heavy (non-hydrogen) atoms. The molecule has 10 heteroatoms. The lowest BCUT2D eigenvalue weighted by Gasteiger charge is -2.24. The lowest BCUT2D eigenvalue weighted by atomic mass is 10.2. The number of carboxylic acid groups (broad SMARTS) is 1. The average molecular weight is 385 g/mol. The van der Waals surface area contributed by atoms with Crippen LogP contribution in [0, 0.1) is 6.92 Å². The van der Waals surface area contributed by atoms with Gasteiger partial charge in [0, 0.05) is 31.1 Å². The number of carboxylic acids is 1. The first-order valence-corrected chi connectivity index (χ1v) is 9.87. The molecule has 1 fully saturated rings. The van der Waals surface area contributed by atoms with Crippen LogP contribution in [-0.4, -0.2) is 58.4 Å². The molecule has 1 aliphatic rings. The average Bonchev–Trinajstić information content (AvgIpc) is 3.10. The molecule has 134 valence electrons. The third-order valence-corrected chi connectivity index (χ3v) is 5.97. The van der Waals surface area contributed by atoms with E-state index >= 15 is 0 Å². The first kappa shape index (κ1) is 17.7. The Labute approximate surface area is 150 Å². The molecule has 2 unspecified atom stereocenters. The fourth-order valence-electron chi connectivity index (χ4n) is 3.00. The van der Waals surface area contributed by atoms with Gasteiger partial charge in [0.25, 0.3) is 0 Å². The van der Waals surface area contributed by atoms with E-state index in [1.165, 1.54) is 6.20 Å². The van der Waals surface area contributed by atoms with Crippen LogP contribution < -0.4 is 4.90 Å². The number of aryl methyl sites for hydroxylation is 1. The third-order valence-electron chi connectivity index (χ3n) is 4.21. The van der Waals surface area contributed by atoms with Crippen LogP contribution in [0.4, 0.5) is 5.82 Å². The van der Waals surface area contributed by atoms with Gasteiger partial charge in [-0.3, -0.25) is 0 Å². The monoisotopic (exact) mass is 384 g/mol. The number of anilines is 1. The van der Waals surface area contributed by atoms with Gasteiger partial charge in [-0.25, -0.2) is 22.9 Å². The first-order chi connectivity index (χ1) is 11.7. The Kier molecular flexibility index (Phi) is 4.46. The molecule has 2 aromatic heterocycles. The Bertz CT molecular complexity index is 927. The van der Waals surface area contributed by atoms with E-state index in [9.17, 15) is 18.3 Å². The van der Waals surface area contributed by atoms with Crippen molar-refractivity contribution in [2.75, 3.05) is 17.7 Å². The number of sulfone groups is 1. The van der Waals surface area contributed by atoms with Gasteiger partial charge in [0.2, 0.25) is 0 Å². The van der Waals surface area contributed by atoms with Crippen molar-refractivity contribution in [3.8, 4) is 5.69 Å². The van der Waals surface area contributed by atoms with Crippen molar-refractivity contribution >= 4 is 33.2 Å². The predicted molar refractivity (Wildman–Crippen MR) is 93.1 cm³/mol. The molecule has 0 aromatic carbocycles. The Balaban J connectivity index is 2.08. The number of hydrogen-bond donors (Lipinski definition) is 1. The zero-order valence-corrected chi connectivity index (χ0v) is 15.2. The molecule has 3 rings (SSSR count). The Morgan fingerprint density at radius 3 is 2.72 bits per heavy atom. The van der Waals surface area contributed by atoms with Crippen LogP contribution in [0.5, 0.6) is 0 Å². The molecule has 1 N–H and O–H groups in total. The Morgan fingerprint density at radius 2 is 2.12 bits per heavy atom. The van der Waals surface area contributed by atoms with E-state index in [2.05, 4.69) is 10.1 Å². The van der Waals surface area contributed by atoms with Crippen LogP contribution in [0.15, 0.2) is 24.4 Å². The summed E-state index contributed by atoms with van der Waals surface area (Å²) >= 11 is 5.94. The molecule has 0 bridgehead atoms. The van der Waals surface area contributed by atoms with Crippen molar-refractivity contribution in [1.82, 2.24) is 14.8 Å². The van der Waals surface area contributed by atoms with Gasteiger partial charge in [0.15, 0.2) is 9.84 Å². The highest BCUT2D eigenvalue weighted by Gasteiger charge is 2.42. The summed E-state index contributed by atoms with van der Waals surface area (Å²) in [7, 11) is -3.35. The van der Waals surface area contributed by atoms with Gasteiger partial charge in [-0.1, -0.05) is 11.6 Å². The van der Waals surface area contributed by atoms with Crippen LogP contribution in [0.1, 0.15) is 12.1 Å². The molecular weight excluding hydrogens is 368 g/mol. The summed E-state index contributed by atoms with van der Waals surface area (Å²) in [6.45, 7) is 1.88. The standard InChI is InChI=1S/C15H17ClN4O4S/c1-9-5-14(20(18-9)10-3-4-17-13(16)6-10)19-8-11(25(2,23)24)7-12(19)15(21)22/h3-6,11-12H,7-8H2,1-2H3,(H,21,22). The van der Waals surface area contributed by atoms with Gasteiger partial charge in [-0.15, -0.1) is 0 Å². The third kappa shape index (κ3) is 3.47. The quantitative estimate of drug-likeness (QED) is 0.792. The smallest absolute Gasteiger partial charge is 0.326 e. The van der Waals surface area contributed by atoms with Crippen molar-refractivity contribution in [2.24, 2.45) is 0 Å². The van der Waals surface area contributed by atoms with Crippen LogP contribution >= 0.6 is 11.6 Å². The van der Waals surface area contributed by atoms with Crippen molar-refractivity contribution in [2.45, 2.75) is 24.6 Å². The summed E-state index contributed by atoms with van der Waals surface area (Å²) in [6, 6.07) is 4.10. The number of carbonyl (C=O) groups is 1. The maximum absolute atomic E-state index is 11.9. The molecule has 0 saturated carbocycles. The number of hydrogen-bond acceptors (Lipinski definition) is 6. The molecule has 0 aliphatic carbocycles. The van der Waals surface area contributed by atoms with Crippen LogP contribution in [-0.2, 0) is 14.6 Å². The van der Waals surface area contributed by atoms with Gasteiger partial charge >= 0.3 is 5.97 Å². The zero-order chi connectivity index (χ0) is 18.4. The lowest BCUT2D eigenvalue weighted by Crippen LogP contribution is -2.37. The van der Waals surface area contributed by atoms with Crippen molar-refractivity contribution < 1.29 is 18.3 Å². The minimum Gasteiger partial charge on any atom is -0.480 e. The van der Waals surface area contributed by atoms with E-state index in [0.29, 0.717) is 17.2 Å². The van der Waals surface area contributed by atoms with Gasteiger partial charge in [-0.05, 0) is 19.4 Å². The fraction of sp³-hybridized carbons (Fsp3) is 0.400. The van der Waals surface area contributed by atoms with Crippen LogP contribution in [0.3, 0.4) is 0 Å². The Hall–Kier alpha value is -2.13. The molecule has 1 saturated heterocycles. The van der Waals surface area contributed by atoms with Crippen molar-refractivity contribution in [3.63, 3.8) is 0 Å². The second-order valence-electron chi connectivity index (χ2n) is 6.09. The van der Waals surface area contributed by atoms with E-state index in [0.717, 1.165) is 6.26 Å². The highest BCUT2D eigenvalue weighted by atomic mass is 35.5. The second kappa shape index (κ2) is 6.30. The number of rotatable bonds is 4. The first-order valence-electron chi connectivity index (χ1n) is 7.53. The minimum absolute atomic E-state index is 0.0372. The van der Waals surface area contributed by atoms with Crippen molar-refractivity contribution in [3.05, 3.63) is 35.2 Å². The van der Waals surface area contributed by atoms with Gasteiger partial charge in [-0.2, -0.15) is 5.10 Å². The van der Waals surface area contributed by atoms with E-state index in [-0.39, 0.29) is 18.1 Å². The number of aliphatic carboxylic acids is 1. The number of nitrogens with zero attached hydrogens (tertiary/aromatic N) is 4. The Morgan fingerprint density at radius 1 is 1.40 bits per heavy atom. The summed E-state index contributed by atoms with van der Waals surface area (Å²) in [5.74, 6) is -0.553. The molecule has 2 aromatic rings. The normalized spacial score (nSPS) is 20.8. The van der Waals surface area contributed by atoms with E-state index in [1.54, 1.807) is 34.7 Å². The summed E-state index contributed by atoms with van der Waals surface area (Å²) in [4.78, 5) is 17.2. The molecule has 2 atom stereocenters. The highest BCUT2D eigenvalue weighted by molar-refractivity contribution is 7.91. The zero-order valence-electron chi connectivity index (χ0n) is 13.6. The summed E-state index contributed by atoms with van der Waals surface area (Å²) < 4.78 is 25.4. The SMILES string of the molecule is Cc1cc(N2CC(S(C)(=O)=O)CC2C(=O)O)n(-c2ccnc(Cl)c2)n1. The van der Waals surface area contributed by atoms with Crippen molar-refractivity contribution in [1.29, 1.82) is 0 Å². The summed E-state index contributed by atoms with van der Waals surface area (Å²) in [5.41, 5.74) is 1.30. The molecule has 0 amide bonds. The van der Waals surface area contributed by atoms with Crippen LogP contribution in [0.25, 0.3) is 5.69 Å². The largest absolute Gasteiger partial charge is 0.480 e. The number of aromatic nitrogens is 3. The lowest BCUT2D eigenvalue weighted by molar-refractivity contribution is -0.138. The van der Waals surface area contributed by atoms with E-state index in [1.807, 2.05) is 0 Å². The van der Waals surface area contributed by atoms with E-state index < -0.39 is 27.1 Å². The number of pyridine rings is 1. The maximum Gasteiger partial charge on any atom is 0.326 e. The maximum atomic E-state index is 11.9.